The molecule has 2 atom stereocenters. The molecule has 0 saturated carbocycles. The van der Waals surface area contributed by atoms with Crippen LogP contribution < -0.4 is 5.32 Å². The summed E-state index contributed by atoms with van der Waals surface area (Å²) in [6.45, 7) is 9.44. The Kier molecular flexibility index (Phi) is 5.30. The minimum atomic E-state index is 0.238. The first kappa shape index (κ1) is 13.5. The van der Waals surface area contributed by atoms with Crippen LogP contribution in [0.2, 0.25) is 0 Å². The van der Waals surface area contributed by atoms with E-state index in [2.05, 4.69) is 44.3 Å². The molecule has 0 aromatic heterocycles. The molecule has 1 aromatic rings. The van der Waals surface area contributed by atoms with E-state index < -0.39 is 0 Å². The standard InChI is InChI=1S/C14H22ClN/c1-10-5-6-14(7-11(10)2)9-16-13(4)8-12(3)15/h5-7,12-13,16H,8-9H2,1-4H3. The lowest BCUT2D eigenvalue weighted by atomic mass is 10.1. The van der Waals surface area contributed by atoms with Crippen LogP contribution in [0.1, 0.15) is 37.0 Å². The highest BCUT2D eigenvalue weighted by molar-refractivity contribution is 6.20. The van der Waals surface area contributed by atoms with Gasteiger partial charge in [0, 0.05) is 18.0 Å². The lowest BCUT2D eigenvalue weighted by molar-refractivity contribution is 0.511. The van der Waals surface area contributed by atoms with Gasteiger partial charge in [-0.25, -0.2) is 0 Å². The second kappa shape index (κ2) is 6.27. The summed E-state index contributed by atoms with van der Waals surface area (Å²) >= 11 is 5.96. The van der Waals surface area contributed by atoms with Crippen molar-refractivity contribution >= 4 is 11.6 Å². The SMILES string of the molecule is Cc1ccc(CNC(C)CC(C)Cl)cc1C. The van der Waals surface area contributed by atoms with Crippen molar-refractivity contribution in [1.29, 1.82) is 0 Å². The van der Waals surface area contributed by atoms with Crippen molar-refractivity contribution in [1.82, 2.24) is 5.32 Å². The number of benzene rings is 1. The van der Waals surface area contributed by atoms with E-state index in [1.165, 1.54) is 16.7 Å². The van der Waals surface area contributed by atoms with Gasteiger partial charge in [-0.05, 0) is 50.8 Å². The van der Waals surface area contributed by atoms with E-state index in [9.17, 15) is 0 Å². The third kappa shape index (κ3) is 4.54. The van der Waals surface area contributed by atoms with Gasteiger partial charge >= 0.3 is 0 Å². The predicted octanol–water partition coefficient (Wildman–Crippen LogP) is 3.80. The fourth-order valence-electron chi connectivity index (χ4n) is 1.78. The molecule has 90 valence electrons. The maximum absolute atomic E-state index is 5.96. The van der Waals surface area contributed by atoms with Crippen molar-refractivity contribution in [2.24, 2.45) is 0 Å². The number of aryl methyl sites for hydroxylation is 2. The quantitative estimate of drug-likeness (QED) is 0.771. The lowest BCUT2D eigenvalue weighted by Crippen LogP contribution is -2.27. The molecule has 0 aliphatic heterocycles. The average molecular weight is 240 g/mol. The van der Waals surface area contributed by atoms with Gasteiger partial charge in [-0.15, -0.1) is 11.6 Å². The molecule has 0 saturated heterocycles. The summed E-state index contributed by atoms with van der Waals surface area (Å²) in [6, 6.07) is 7.08. The second-order valence-electron chi connectivity index (χ2n) is 4.72. The van der Waals surface area contributed by atoms with E-state index in [1.54, 1.807) is 0 Å². The number of alkyl halides is 1. The summed E-state index contributed by atoms with van der Waals surface area (Å²) in [5, 5.41) is 3.73. The second-order valence-corrected chi connectivity index (χ2v) is 5.46. The third-order valence-electron chi connectivity index (χ3n) is 2.90. The smallest absolute Gasteiger partial charge is 0.0322 e. The van der Waals surface area contributed by atoms with Crippen molar-refractivity contribution in [3.63, 3.8) is 0 Å². The highest BCUT2D eigenvalue weighted by Gasteiger charge is 2.05. The van der Waals surface area contributed by atoms with Crippen LogP contribution in [-0.4, -0.2) is 11.4 Å². The minimum Gasteiger partial charge on any atom is -0.310 e. The van der Waals surface area contributed by atoms with Gasteiger partial charge in [0.25, 0.3) is 0 Å². The molecule has 0 fully saturated rings. The zero-order valence-electron chi connectivity index (χ0n) is 10.7. The van der Waals surface area contributed by atoms with Crippen molar-refractivity contribution in [2.75, 3.05) is 0 Å². The fourth-order valence-corrected chi connectivity index (χ4v) is 2.04. The molecule has 1 aromatic carbocycles. The first-order chi connectivity index (χ1) is 7.49. The number of hydrogen-bond donors (Lipinski definition) is 1. The fraction of sp³-hybridized carbons (Fsp3) is 0.571. The van der Waals surface area contributed by atoms with E-state index in [0.717, 1.165) is 13.0 Å². The van der Waals surface area contributed by atoms with Gasteiger partial charge in [-0.2, -0.15) is 0 Å². The molecule has 0 spiro atoms. The summed E-state index contributed by atoms with van der Waals surface area (Å²) in [5.74, 6) is 0. The van der Waals surface area contributed by atoms with Crippen molar-refractivity contribution < 1.29 is 0 Å². The molecule has 0 bridgehead atoms. The van der Waals surface area contributed by atoms with Crippen LogP contribution in [0.4, 0.5) is 0 Å². The predicted molar refractivity (Wildman–Crippen MR) is 72.1 cm³/mol. The summed E-state index contributed by atoms with van der Waals surface area (Å²) in [5.41, 5.74) is 4.06. The first-order valence-corrected chi connectivity index (χ1v) is 6.36. The van der Waals surface area contributed by atoms with Gasteiger partial charge in [0.1, 0.15) is 0 Å². The van der Waals surface area contributed by atoms with Gasteiger partial charge in [0.15, 0.2) is 0 Å². The Labute approximate surface area is 104 Å². The van der Waals surface area contributed by atoms with Crippen molar-refractivity contribution in [2.45, 2.75) is 52.1 Å². The van der Waals surface area contributed by atoms with Crippen LogP contribution in [0, 0.1) is 13.8 Å². The molecule has 0 heterocycles. The molecular weight excluding hydrogens is 218 g/mol. The topological polar surface area (TPSA) is 12.0 Å². The third-order valence-corrected chi connectivity index (χ3v) is 3.08. The van der Waals surface area contributed by atoms with Gasteiger partial charge in [0.05, 0.1) is 0 Å². The van der Waals surface area contributed by atoms with E-state index in [-0.39, 0.29) is 5.38 Å². The van der Waals surface area contributed by atoms with Gasteiger partial charge in [-0.3, -0.25) is 0 Å². The van der Waals surface area contributed by atoms with Crippen LogP contribution in [0.25, 0.3) is 0 Å². The van der Waals surface area contributed by atoms with Gasteiger partial charge < -0.3 is 5.32 Å². The zero-order chi connectivity index (χ0) is 12.1. The molecule has 1 N–H and O–H groups in total. The number of hydrogen-bond acceptors (Lipinski definition) is 1. The molecule has 1 rings (SSSR count). The van der Waals surface area contributed by atoms with E-state index in [1.807, 2.05) is 6.92 Å². The van der Waals surface area contributed by atoms with Crippen LogP contribution in [-0.2, 0) is 6.54 Å². The number of rotatable bonds is 5. The maximum Gasteiger partial charge on any atom is 0.0322 e. The van der Waals surface area contributed by atoms with Crippen LogP contribution in [0.15, 0.2) is 18.2 Å². The molecule has 0 amide bonds. The van der Waals surface area contributed by atoms with Crippen LogP contribution in [0.3, 0.4) is 0 Å². The molecule has 0 aliphatic carbocycles. The lowest BCUT2D eigenvalue weighted by Gasteiger charge is -2.15. The molecule has 2 heteroatoms. The Balaban J connectivity index is 2.45. The largest absolute Gasteiger partial charge is 0.310 e. The summed E-state index contributed by atoms with van der Waals surface area (Å²) in [6.07, 6.45) is 1.01. The first-order valence-electron chi connectivity index (χ1n) is 5.92. The zero-order valence-corrected chi connectivity index (χ0v) is 11.4. The minimum absolute atomic E-state index is 0.238. The van der Waals surface area contributed by atoms with Gasteiger partial charge in [0.2, 0.25) is 0 Å². The Morgan fingerprint density at radius 2 is 1.88 bits per heavy atom. The van der Waals surface area contributed by atoms with Gasteiger partial charge in [-0.1, -0.05) is 18.2 Å². The molecule has 16 heavy (non-hydrogen) atoms. The Bertz CT molecular complexity index is 334. The van der Waals surface area contributed by atoms with Crippen LogP contribution >= 0.6 is 11.6 Å². The molecule has 0 aliphatic rings. The van der Waals surface area contributed by atoms with Crippen molar-refractivity contribution in [3.05, 3.63) is 34.9 Å². The average Bonchev–Trinajstić information content (AvgIpc) is 2.19. The maximum atomic E-state index is 5.96. The van der Waals surface area contributed by atoms with E-state index >= 15 is 0 Å². The molecule has 1 nitrogen and oxygen atoms in total. The van der Waals surface area contributed by atoms with E-state index in [0.29, 0.717) is 6.04 Å². The highest BCUT2D eigenvalue weighted by Crippen LogP contribution is 2.10. The summed E-state index contributed by atoms with van der Waals surface area (Å²) in [7, 11) is 0. The van der Waals surface area contributed by atoms with E-state index in [4.69, 9.17) is 11.6 Å². The normalized spacial score (nSPS) is 14.8. The Morgan fingerprint density at radius 3 is 2.44 bits per heavy atom. The highest BCUT2D eigenvalue weighted by atomic mass is 35.5. The van der Waals surface area contributed by atoms with Crippen molar-refractivity contribution in [3.8, 4) is 0 Å². The Hall–Kier alpha value is -0.530. The molecule has 2 unspecified atom stereocenters. The molecule has 0 radical (unpaired) electrons. The molecular formula is C14H22ClN. The summed E-state index contributed by atoms with van der Waals surface area (Å²) in [4.78, 5) is 0. The number of halogens is 1. The monoisotopic (exact) mass is 239 g/mol. The number of nitrogens with one attached hydrogen (secondary N) is 1. The Morgan fingerprint density at radius 1 is 1.19 bits per heavy atom. The van der Waals surface area contributed by atoms with Crippen LogP contribution in [0.5, 0.6) is 0 Å². The summed E-state index contributed by atoms with van der Waals surface area (Å²) < 4.78 is 0.